The van der Waals surface area contributed by atoms with Crippen LogP contribution in [-0.2, 0) is 12.6 Å². The van der Waals surface area contributed by atoms with E-state index in [4.69, 9.17) is 5.11 Å². The largest absolute Gasteiger partial charge is 0.416 e. The minimum absolute atomic E-state index is 0.0196. The van der Waals surface area contributed by atoms with Gasteiger partial charge in [-0.3, -0.25) is 0 Å². The fourth-order valence-electron chi connectivity index (χ4n) is 1.58. The number of halogens is 3. The highest BCUT2D eigenvalue weighted by molar-refractivity contribution is 5.36. The molecule has 1 aromatic heterocycles. The average molecular weight is 256 g/mol. The summed E-state index contributed by atoms with van der Waals surface area (Å²) in [7, 11) is 0. The summed E-state index contributed by atoms with van der Waals surface area (Å²) in [6, 6.07) is 4.94. The predicted molar refractivity (Wildman–Crippen MR) is 59.4 cm³/mol. The first kappa shape index (κ1) is 12.6. The molecule has 18 heavy (non-hydrogen) atoms. The summed E-state index contributed by atoms with van der Waals surface area (Å²) in [4.78, 5) is 0. The van der Waals surface area contributed by atoms with Gasteiger partial charge in [-0.15, -0.1) is 0 Å². The summed E-state index contributed by atoms with van der Waals surface area (Å²) in [5, 5.41) is 12.7. The molecule has 0 spiro atoms. The molecule has 0 bridgehead atoms. The third kappa shape index (κ3) is 2.70. The van der Waals surface area contributed by atoms with Crippen LogP contribution < -0.4 is 0 Å². The number of aromatic nitrogens is 2. The van der Waals surface area contributed by atoms with Gasteiger partial charge in [0.15, 0.2) is 0 Å². The van der Waals surface area contributed by atoms with Gasteiger partial charge < -0.3 is 5.11 Å². The van der Waals surface area contributed by atoms with Crippen LogP contribution in [0.4, 0.5) is 13.2 Å². The monoisotopic (exact) mass is 256 g/mol. The van der Waals surface area contributed by atoms with Gasteiger partial charge in [0.05, 0.1) is 17.4 Å². The number of rotatable bonds is 3. The van der Waals surface area contributed by atoms with Crippen molar-refractivity contribution in [1.29, 1.82) is 0 Å². The van der Waals surface area contributed by atoms with Crippen molar-refractivity contribution in [2.24, 2.45) is 0 Å². The molecule has 0 aliphatic carbocycles. The maximum absolute atomic E-state index is 12.5. The first-order valence-electron chi connectivity index (χ1n) is 5.33. The molecule has 0 fully saturated rings. The Morgan fingerprint density at radius 2 is 2.06 bits per heavy atom. The van der Waals surface area contributed by atoms with Gasteiger partial charge in [-0.1, -0.05) is 6.07 Å². The van der Waals surface area contributed by atoms with Crippen molar-refractivity contribution in [3.05, 3.63) is 47.8 Å². The van der Waals surface area contributed by atoms with Gasteiger partial charge in [0.1, 0.15) is 0 Å². The van der Waals surface area contributed by atoms with E-state index < -0.39 is 11.7 Å². The van der Waals surface area contributed by atoms with E-state index >= 15 is 0 Å². The summed E-state index contributed by atoms with van der Waals surface area (Å²) < 4.78 is 39.0. The lowest BCUT2D eigenvalue weighted by molar-refractivity contribution is -0.137. The third-order valence-corrected chi connectivity index (χ3v) is 2.47. The Morgan fingerprint density at radius 1 is 1.28 bits per heavy atom. The van der Waals surface area contributed by atoms with E-state index in [2.05, 4.69) is 5.10 Å². The molecule has 2 rings (SSSR count). The van der Waals surface area contributed by atoms with Crippen molar-refractivity contribution in [2.75, 3.05) is 6.61 Å². The minimum Gasteiger partial charge on any atom is -0.396 e. The number of aliphatic hydroxyl groups excluding tert-OH is 1. The van der Waals surface area contributed by atoms with Gasteiger partial charge in [0, 0.05) is 12.8 Å². The van der Waals surface area contributed by atoms with Crippen LogP contribution in [0.3, 0.4) is 0 Å². The lowest BCUT2D eigenvalue weighted by Crippen LogP contribution is -2.06. The topological polar surface area (TPSA) is 38.1 Å². The zero-order valence-electron chi connectivity index (χ0n) is 9.35. The van der Waals surface area contributed by atoms with Crippen LogP contribution in [0.2, 0.25) is 0 Å². The van der Waals surface area contributed by atoms with Crippen LogP contribution in [0.1, 0.15) is 11.1 Å². The molecule has 2 aromatic rings. The standard InChI is InChI=1S/C12H11F3N2O/c13-12(14,15)10-2-1-3-11(6-10)17-8-9(4-5-18)7-16-17/h1-3,6-8,18H,4-5H2. The van der Waals surface area contributed by atoms with E-state index in [1.807, 2.05) is 0 Å². The fraction of sp³-hybridized carbons (Fsp3) is 0.250. The van der Waals surface area contributed by atoms with Crippen LogP contribution in [-0.4, -0.2) is 21.5 Å². The quantitative estimate of drug-likeness (QED) is 0.915. The van der Waals surface area contributed by atoms with E-state index in [0.717, 1.165) is 17.7 Å². The van der Waals surface area contributed by atoms with Crippen LogP contribution in [0.15, 0.2) is 36.7 Å². The number of alkyl halides is 3. The maximum Gasteiger partial charge on any atom is 0.416 e. The van der Waals surface area contributed by atoms with Crippen molar-refractivity contribution in [3.63, 3.8) is 0 Å². The molecule has 0 saturated heterocycles. The van der Waals surface area contributed by atoms with Crippen LogP contribution in [0.5, 0.6) is 0 Å². The second-order valence-electron chi connectivity index (χ2n) is 3.81. The van der Waals surface area contributed by atoms with Crippen LogP contribution >= 0.6 is 0 Å². The molecule has 0 unspecified atom stereocenters. The van der Waals surface area contributed by atoms with Crippen molar-refractivity contribution >= 4 is 0 Å². The van der Waals surface area contributed by atoms with Gasteiger partial charge in [0.2, 0.25) is 0 Å². The van der Waals surface area contributed by atoms with Crippen molar-refractivity contribution in [3.8, 4) is 5.69 Å². The number of hydrogen-bond donors (Lipinski definition) is 1. The van der Waals surface area contributed by atoms with Gasteiger partial charge in [0.25, 0.3) is 0 Å². The smallest absolute Gasteiger partial charge is 0.396 e. The fourth-order valence-corrected chi connectivity index (χ4v) is 1.58. The Labute approximate surface area is 101 Å². The van der Waals surface area contributed by atoms with Crippen molar-refractivity contribution in [2.45, 2.75) is 12.6 Å². The molecule has 0 aliphatic heterocycles. The summed E-state index contributed by atoms with van der Waals surface area (Å²) >= 11 is 0. The summed E-state index contributed by atoms with van der Waals surface area (Å²) in [6.45, 7) is -0.0196. The number of benzene rings is 1. The zero-order chi connectivity index (χ0) is 13.2. The summed E-state index contributed by atoms with van der Waals surface area (Å²) in [6.07, 6.45) is -0.807. The molecule has 0 aliphatic rings. The molecule has 0 amide bonds. The number of aliphatic hydroxyl groups is 1. The highest BCUT2D eigenvalue weighted by atomic mass is 19.4. The molecule has 1 N–H and O–H groups in total. The Balaban J connectivity index is 2.32. The molecular weight excluding hydrogens is 245 g/mol. The van der Waals surface area contributed by atoms with E-state index in [-0.39, 0.29) is 6.61 Å². The van der Waals surface area contributed by atoms with Gasteiger partial charge in [-0.25, -0.2) is 4.68 Å². The molecule has 96 valence electrons. The average Bonchev–Trinajstić information content (AvgIpc) is 2.77. The maximum atomic E-state index is 12.5. The predicted octanol–water partition coefficient (Wildman–Crippen LogP) is 2.43. The first-order chi connectivity index (χ1) is 8.50. The van der Waals surface area contributed by atoms with E-state index in [9.17, 15) is 13.2 Å². The lowest BCUT2D eigenvalue weighted by atomic mass is 10.2. The summed E-state index contributed by atoms with van der Waals surface area (Å²) in [5.74, 6) is 0. The zero-order valence-corrected chi connectivity index (χ0v) is 9.35. The number of hydrogen-bond acceptors (Lipinski definition) is 2. The third-order valence-electron chi connectivity index (χ3n) is 2.47. The van der Waals surface area contributed by atoms with Gasteiger partial charge >= 0.3 is 6.18 Å². The lowest BCUT2D eigenvalue weighted by Gasteiger charge is -2.08. The normalized spacial score (nSPS) is 11.8. The Hall–Kier alpha value is -1.82. The SMILES string of the molecule is OCCc1cnn(-c2cccc(C(F)(F)F)c2)c1. The molecule has 1 heterocycles. The molecule has 0 atom stereocenters. The van der Waals surface area contributed by atoms with E-state index in [1.54, 1.807) is 12.3 Å². The molecular formula is C12H11F3N2O. The Morgan fingerprint density at radius 3 is 2.72 bits per heavy atom. The second kappa shape index (κ2) is 4.81. The Bertz CT molecular complexity index is 534. The summed E-state index contributed by atoms with van der Waals surface area (Å²) in [5.41, 5.74) is 0.406. The van der Waals surface area contributed by atoms with E-state index in [0.29, 0.717) is 12.1 Å². The van der Waals surface area contributed by atoms with Crippen LogP contribution in [0, 0.1) is 0 Å². The van der Waals surface area contributed by atoms with E-state index in [1.165, 1.54) is 16.9 Å². The molecule has 3 nitrogen and oxygen atoms in total. The second-order valence-corrected chi connectivity index (χ2v) is 3.81. The minimum atomic E-state index is -4.36. The number of nitrogens with zero attached hydrogens (tertiary/aromatic N) is 2. The van der Waals surface area contributed by atoms with Crippen molar-refractivity contribution in [1.82, 2.24) is 9.78 Å². The first-order valence-corrected chi connectivity index (χ1v) is 5.33. The van der Waals surface area contributed by atoms with Gasteiger partial charge in [-0.2, -0.15) is 18.3 Å². The molecule has 0 radical (unpaired) electrons. The highest BCUT2D eigenvalue weighted by Crippen LogP contribution is 2.30. The molecule has 0 saturated carbocycles. The Kier molecular flexibility index (Phi) is 3.38. The highest BCUT2D eigenvalue weighted by Gasteiger charge is 2.30. The molecule has 1 aromatic carbocycles. The van der Waals surface area contributed by atoms with Crippen molar-refractivity contribution < 1.29 is 18.3 Å². The van der Waals surface area contributed by atoms with Gasteiger partial charge in [-0.05, 0) is 30.2 Å². The van der Waals surface area contributed by atoms with Crippen LogP contribution in [0.25, 0.3) is 5.69 Å². The molecule has 6 heteroatoms.